The van der Waals surface area contributed by atoms with Crippen LogP contribution in [0.3, 0.4) is 0 Å². The molecule has 2 atom stereocenters. The summed E-state index contributed by atoms with van der Waals surface area (Å²) in [5, 5.41) is 6.34. The molecular formula is C16H22N4O2. The molecule has 2 N–H and O–H groups in total. The molecule has 2 aliphatic rings. The SMILES string of the molecule is O=C(NC1CCNC1)C1CCCN(C(=O)c2ccncc2)C1. The smallest absolute Gasteiger partial charge is 0.253 e. The van der Waals surface area contributed by atoms with Crippen LogP contribution >= 0.6 is 0 Å². The first-order valence-electron chi connectivity index (χ1n) is 7.94. The largest absolute Gasteiger partial charge is 0.352 e. The molecule has 2 saturated heterocycles. The molecule has 2 fully saturated rings. The summed E-state index contributed by atoms with van der Waals surface area (Å²) < 4.78 is 0. The number of carbonyl (C=O) groups excluding carboxylic acids is 2. The molecule has 0 radical (unpaired) electrons. The topological polar surface area (TPSA) is 74.3 Å². The second-order valence-corrected chi connectivity index (χ2v) is 6.02. The predicted octanol–water partition coefficient (Wildman–Crippen LogP) is 0.412. The summed E-state index contributed by atoms with van der Waals surface area (Å²) in [6.07, 6.45) is 5.95. The summed E-state index contributed by atoms with van der Waals surface area (Å²) in [5.74, 6) is -0.0245. The van der Waals surface area contributed by atoms with Crippen molar-refractivity contribution in [3.63, 3.8) is 0 Å². The van der Waals surface area contributed by atoms with Gasteiger partial charge in [0, 0.05) is 43.6 Å². The predicted molar refractivity (Wildman–Crippen MR) is 82.3 cm³/mol. The van der Waals surface area contributed by atoms with E-state index < -0.39 is 0 Å². The van der Waals surface area contributed by atoms with Crippen LogP contribution < -0.4 is 10.6 Å². The van der Waals surface area contributed by atoms with Crippen molar-refractivity contribution < 1.29 is 9.59 Å². The van der Waals surface area contributed by atoms with Gasteiger partial charge in [0.05, 0.1) is 5.92 Å². The standard InChI is InChI=1S/C16H22N4O2/c21-15(19-14-5-8-18-10-14)13-2-1-9-20(11-13)16(22)12-3-6-17-7-4-12/h3-4,6-7,13-14,18H,1-2,5,8-11H2,(H,19,21). The molecule has 2 aliphatic heterocycles. The van der Waals surface area contributed by atoms with E-state index in [1.807, 2.05) is 0 Å². The van der Waals surface area contributed by atoms with Crippen LogP contribution in [-0.4, -0.2) is 53.9 Å². The van der Waals surface area contributed by atoms with Crippen molar-refractivity contribution in [2.75, 3.05) is 26.2 Å². The summed E-state index contributed by atoms with van der Waals surface area (Å²) >= 11 is 0. The molecule has 0 spiro atoms. The highest BCUT2D eigenvalue weighted by atomic mass is 16.2. The van der Waals surface area contributed by atoms with Gasteiger partial charge >= 0.3 is 0 Å². The van der Waals surface area contributed by atoms with Crippen molar-refractivity contribution in [3.8, 4) is 0 Å². The van der Waals surface area contributed by atoms with E-state index in [1.165, 1.54) is 0 Å². The van der Waals surface area contributed by atoms with E-state index in [1.54, 1.807) is 29.4 Å². The number of hydrogen-bond acceptors (Lipinski definition) is 4. The zero-order valence-corrected chi connectivity index (χ0v) is 12.6. The number of amides is 2. The van der Waals surface area contributed by atoms with Gasteiger partial charge < -0.3 is 15.5 Å². The Kier molecular flexibility index (Phi) is 4.68. The van der Waals surface area contributed by atoms with E-state index in [0.29, 0.717) is 12.1 Å². The van der Waals surface area contributed by atoms with Crippen LogP contribution in [0.4, 0.5) is 0 Å². The molecule has 118 valence electrons. The highest BCUT2D eigenvalue weighted by Crippen LogP contribution is 2.19. The first-order chi connectivity index (χ1) is 10.7. The number of carbonyl (C=O) groups is 2. The van der Waals surface area contributed by atoms with Crippen LogP contribution in [0.5, 0.6) is 0 Å². The quantitative estimate of drug-likeness (QED) is 0.848. The lowest BCUT2D eigenvalue weighted by molar-refractivity contribution is -0.126. The Balaban J connectivity index is 1.59. The number of nitrogens with zero attached hydrogens (tertiary/aromatic N) is 2. The average Bonchev–Trinajstić information content (AvgIpc) is 3.08. The summed E-state index contributed by atoms with van der Waals surface area (Å²) in [5.41, 5.74) is 0.635. The maximum atomic E-state index is 12.5. The van der Waals surface area contributed by atoms with Crippen LogP contribution in [0.15, 0.2) is 24.5 Å². The van der Waals surface area contributed by atoms with E-state index in [2.05, 4.69) is 15.6 Å². The molecule has 2 unspecified atom stereocenters. The molecule has 22 heavy (non-hydrogen) atoms. The fourth-order valence-electron chi connectivity index (χ4n) is 3.15. The molecular weight excluding hydrogens is 280 g/mol. The van der Waals surface area contributed by atoms with E-state index in [9.17, 15) is 9.59 Å². The average molecular weight is 302 g/mol. The van der Waals surface area contributed by atoms with Gasteiger partial charge in [-0.2, -0.15) is 0 Å². The highest BCUT2D eigenvalue weighted by molar-refractivity contribution is 5.94. The molecule has 0 aromatic carbocycles. The van der Waals surface area contributed by atoms with Gasteiger partial charge in [-0.05, 0) is 37.9 Å². The molecule has 3 heterocycles. The summed E-state index contributed by atoms with van der Waals surface area (Å²) in [6, 6.07) is 3.67. The molecule has 6 heteroatoms. The van der Waals surface area contributed by atoms with Gasteiger partial charge in [-0.3, -0.25) is 14.6 Å². The maximum absolute atomic E-state index is 12.5. The van der Waals surface area contributed by atoms with Gasteiger partial charge in [-0.25, -0.2) is 0 Å². The molecule has 1 aromatic heterocycles. The Morgan fingerprint density at radius 1 is 1.27 bits per heavy atom. The van der Waals surface area contributed by atoms with E-state index in [4.69, 9.17) is 0 Å². The van der Waals surface area contributed by atoms with Crippen LogP contribution in [0, 0.1) is 5.92 Å². The lowest BCUT2D eigenvalue weighted by atomic mass is 9.96. The second kappa shape index (κ2) is 6.87. The van der Waals surface area contributed by atoms with E-state index >= 15 is 0 Å². The molecule has 3 rings (SSSR count). The van der Waals surface area contributed by atoms with Crippen LogP contribution in [-0.2, 0) is 4.79 Å². The van der Waals surface area contributed by atoms with Gasteiger partial charge in [0.2, 0.25) is 5.91 Å². The lowest BCUT2D eigenvalue weighted by Gasteiger charge is -2.32. The molecule has 0 saturated carbocycles. The summed E-state index contributed by atoms with van der Waals surface area (Å²) in [4.78, 5) is 30.6. The van der Waals surface area contributed by atoms with E-state index in [-0.39, 0.29) is 23.8 Å². The highest BCUT2D eigenvalue weighted by Gasteiger charge is 2.30. The zero-order chi connectivity index (χ0) is 15.4. The molecule has 0 aliphatic carbocycles. The van der Waals surface area contributed by atoms with Gasteiger partial charge in [0.1, 0.15) is 0 Å². The first kappa shape index (κ1) is 15.0. The third-order valence-electron chi connectivity index (χ3n) is 4.41. The minimum Gasteiger partial charge on any atom is -0.352 e. The van der Waals surface area contributed by atoms with Gasteiger partial charge in [-0.1, -0.05) is 0 Å². The Bertz CT molecular complexity index is 528. The number of piperidine rings is 1. The maximum Gasteiger partial charge on any atom is 0.253 e. The second-order valence-electron chi connectivity index (χ2n) is 6.02. The van der Waals surface area contributed by atoms with Crippen LogP contribution in [0.1, 0.15) is 29.6 Å². The van der Waals surface area contributed by atoms with Gasteiger partial charge in [-0.15, -0.1) is 0 Å². The molecule has 6 nitrogen and oxygen atoms in total. The van der Waals surface area contributed by atoms with Crippen molar-refractivity contribution in [3.05, 3.63) is 30.1 Å². The Morgan fingerprint density at radius 2 is 2.09 bits per heavy atom. The van der Waals surface area contributed by atoms with Crippen molar-refractivity contribution in [2.45, 2.75) is 25.3 Å². The van der Waals surface area contributed by atoms with Crippen LogP contribution in [0.25, 0.3) is 0 Å². The summed E-state index contributed by atoms with van der Waals surface area (Å²) in [6.45, 7) is 3.03. The molecule has 1 aromatic rings. The number of nitrogens with one attached hydrogen (secondary N) is 2. The number of rotatable bonds is 3. The number of aromatic nitrogens is 1. The monoisotopic (exact) mass is 302 g/mol. The summed E-state index contributed by atoms with van der Waals surface area (Å²) in [7, 11) is 0. The fourth-order valence-corrected chi connectivity index (χ4v) is 3.15. The minimum absolute atomic E-state index is 0.0116. The number of likely N-dealkylation sites (tertiary alicyclic amines) is 1. The Labute approximate surface area is 130 Å². The first-order valence-corrected chi connectivity index (χ1v) is 7.94. The Hall–Kier alpha value is -1.95. The zero-order valence-electron chi connectivity index (χ0n) is 12.6. The normalized spacial score (nSPS) is 25.0. The number of pyridine rings is 1. The van der Waals surface area contributed by atoms with E-state index in [0.717, 1.165) is 38.9 Å². The molecule has 0 bridgehead atoms. The molecule has 2 amide bonds. The van der Waals surface area contributed by atoms with Gasteiger partial charge in [0.15, 0.2) is 0 Å². The third kappa shape index (κ3) is 3.44. The number of hydrogen-bond donors (Lipinski definition) is 2. The van der Waals surface area contributed by atoms with Crippen molar-refractivity contribution in [1.82, 2.24) is 20.5 Å². The fraction of sp³-hybridized carbons (Fsp3) is 0.562. The lowest BCUT2D eigenvalue weighted by Crippen LogP contribution is -2.48. The van der Waals surface area contributed by atoms with Crippen molar-refractivity contribution >= 4 is 11.8 Å². The third-order valence-corrected chi connectivity index (χ3v) is 4.41. The van der Waals surface area contributed by atoms with Crippen molar-refractivity contribution in [2.24, 2.45) is 5.92 Å². The minimum atomic E-state index is -0.0971. The van der Waals surface area contributed by atoms with Crippen molar-refractivity contribution in [1.29, 1.82) is 0 Å². The Morgan fingerprint density at radius 3 is 2.82 bits per heavy atom. The van der Waals surface area contributed by atoms with Crippen LogP contribution in [0.2, 0.25) is 0 Å². The van der Waals surface area contributed by atoms with Gasteiger partial charge in [0.25, 0.3) is 5.91 Å².